The number of carbonyl (C=O) groups is 1. The second-order valence-corrected chi connectivity index (χ2v) is 5.73. The third-order valence-corrected chi connectivity index (χ3v) is 3.57. The quantitative estimate of drug-likeness (QED) is 0.705. The largest absolute Gasteiger partial charge is 0.477 e. The summed E-state index contributed by atoms with van der Waals surface area (Å²) in [6.45, 7) is 5.76. The number of hydrogen-bond acceptors (Lipinski definition) is 5. The van der Waals surface area contributed by atoms with Crippen molar-refractivity contribution in [2.45, 2.75) is 26.7 Å². The highest BCUT2D eigenvalue weighted by molar-refractivity contribution is 7.13. The number of aromatic nitrogens is 1. The lowest BCUT2D eigenvalue weighted by atomic mass is 10.1. The van der Waals surface area contributed by atoms with Crippen molar-refractivity contribution >= 4 is 17.3 Å². The van der Waals surface area contributed by atoms with Gasteiger partial charge in [-0.1, -0.05) is 13.8 Å². The number of carboxylic acid groups (broad SMARTS) is 1. The normalized spacial score (nSPS) is 11.2. The lowest BCUT2D eigenvalue weighted by Crippen LogP contribution is -2.05. The van der Waals surface area contributed by atoms with Crippen molar-refractivity contribution in [1.29, 1.82) is 0 Å². The standard InChI is InChI=1S/C13H21NO4S/c1-9(2)8-10-12(13(15)16)19-11(14-10)4-5-18-7-6-17-3/h9H,4-8H2,1-3H3,(H,15,16). The molecule has 0 unspecified atom stereocenters. The Bertz CT molecular complexity index is 403. The van der Waals surface area contributed by atoms with E-state index >= 15 is 0 Å². The molecule has 1 N–H and O–H groups in total. The Labute approximate surface area is 117 Å². The van der Waals surface area contributed by atoms with E-state index in [2.05, 4.69) is 18.8 Å². The Morgan fingerprint density at radius 2 is 2.11 bits per heavy atom. The van der Waals surface area contributed by atoms with Gasteiger partial charge in [0, 0.05) is 13.5 Å². The zero-order chi connectivity index (χ0) is 14.3. The van der Waals surface area contributed by atoms with Gasteiger partial charge in [-0.2, -0.15) is 0 Å². The molecule has 0 atom stereocenters. The molecule has 1 heterocycles. The molecule has 108 valence electrons. The molecule has 0 aliphatic carbocycles. The highest BCUT2D eigenvalue weighted by Crippen LogP contribution is 2.21. The summed E-state index contributed by atoms with van der Waals surface area (Å²) in [5, 5.41) is 9.98. The first-order valence-electron chi connectivity index (χ1n) is 6.33. The maximum absolute atomic E-state index is 11.2. The van der Waals surface area contributed by atoms with Crippen LogP contribution in [0.15, 0.2) is 0 Å². The van der Waals surface area contributed by atoms with Crippen molar-refractivity contribution in [3.8, 4) is 0 Å². The summed E-state index contributed by atoms with van der Waals surface area (Å²) >= 11 is 1.25. The fraction of sp³-hybridized carbons (Fsp3) is 0.692. The Hall–Kier alpha value is -0.980. The van der Waals surface area contributed by atoms with Crippen LogP contribution in [0, 0.1) is 5.92 Å². The molecule has 0 amide bonds. The van der Waals surface area contributed by atoms with Crippen molar-refractivity contribution in [3.63, 3.8) is 0 Å². The Morgan fingerprint density at radius 1 is 1.37 bits per heavy atom. The van der Waals surface area contributed by atoms with Crippen molar-refractivity contribution in [1.82, 2.24) is 4.98 Å². The fourth-order valence-corrected chi connectivity index (χ4v) is 2.51. The Balaban J connectivity index is 2.56. The molecule has 0 radical (unpaired) electrons. The molecule has 1 rings (SSSR count). The summed E-state index contributed by atoms with van der Waals surface area (Å²) < 4.78 is 10.2. The van der Waals surface area contributed by atoms with Crippen molar-refractivity contribution in [2.24, 2.45) is 5.92 Å². The van der Waals surface area contributed by atoms with Gasteiger partial charge in [0.1, 0.15) is 4.88 Å². The number of thiazole rings is 1. The predicted octanol–water partition coefficient (Wildman–Crippen LogP) is 2.25. The minimum atomic E-state index is -0.889. The van der Waals surface area contributed by atoms with Crippen LogP contribution in [0.25, 0.3) is 0 Å². The predicted molar refractivity (Wildman–Crippen MR) is 74.0 cm³/mol. The highest BCUT2D eigenvalue weighted by Gasteiger charge is 2.17. The number of hydrogen-bond donors (Lipinski definition) is 1. The van der Waals surface area contributed by atoms with E-state index in [1.165, 1.54) is 11.3 Å². The van der Waals surface area contributed by atoms with Crippen LogP contribution in [-0.2, 0) is 22.3 Å². The molecule has 0 saturated heterocycles. The monoisotopic (exact) mass is 287 g/mol. The molecule has 0 spiro atoms. The van der Waals surface area contributed by atoms with Crippen LogP contribution in [-0.4, -0.2) is 43.0 Å². The first-order valence-corrected chi connectivity index (χ1v) is 7.14. The van der Waals surface area contributed by atoms with E-state index in [4.69, 9.17) is 14.6 Å². The van der Waals surface area contributed by atoms with Gasteiger partial charge in [0.05, 0.1) is 30.5 Å². The molecule has 1 aromatic heterocycles. The van der Waals surface area contributed by atoms with Crippen molar-refractivity contribution in [3.05, 3.63) is 15.6 Å². The number of rotatable bonds is 9. The van der Waals surface area contributed by atoms with Crippen LogP contribution in [0.3, 0.4) is 0 Å². The van der Waals surface area contributed by atoms with E-state index in [1.54, 1.807) is 7.11 Å². The van der Waals surface area contributed by atoms with E-state index in [9.17, 15) is 4.79 Å². The molecule has 19 heavy (non-hydrogen) atoms. The number of ether oxygens (including phenoxy) is 2. The van der Waals surface area contributed by atoms with E-state index in [-0.39, 0.29) is 0 Å². The fourth-order valence-electron chi connectivity index (χ4n) is 1.60. The maximum atomic E-state index is 11.2. The second kappa shape index (κ2) is 8.24. The first-order chi connectivity index (χ1) is 9.04. The summed E-state index contributed by atoms with van der Waals surface area (Å²) in [5.74, 6) is -0.495. The smallest absolute Gasteiger partial charge is 0.347 e. The molecule has 1 aromatic rings. The van der Waals surface area contributed by atoms with Crippen LogP contribution in [0.1, 0.15) is 34.2 Å². The zero-order valence-corrected chi connectivity index (χ0v) is 12.5. The molecule has 0 aromatic carbocycles. The Kier molecular flexibility index (Phi) is 6.97. The van der Waals surface area contributed by atoms with Crippen molar-refractivity contribution < 1.29 is 19.4 Å². The lowest BCUT2D eigenvalue weighted by Gasteiger charge is -2.02. The van der Waals surface area contributed by atoms with Crippen LogP contribution in [0.5, 0.6) is 0 Å². The molecular weight excluding hydrogens is 266 g/mol. The van der Waals surface area contributed by atoms with Gasteiger partial charge in [-0.05, 0) is 12.3 Å². The summed E-state index contributed by atoms with van der Waals surface area (Å²) in [4.78, 5) is 15.9. The van der Waals surface area contributed by atoms with E-state index < -0.39 is 5.97 Å². The van der Waals surface area contributed by atoms with Crippen LogP contribution in [0.2, 0.25) is 0 Å². The molecule has 6 heteroatoms. The minimum absolute atomic E-state index is 0.362. The van der Waals surface area contributed by atoms with E-state index in [1.807, 2.05) is 0 Å². The van der Waals surface area contributed by atoms with Gasteiger partial charge in [0.25, 0.3) is 0 Å². The van der Waals surface area contributed by atoms with E-state index in [0.717, 1.165) is 5.01 Å². The lowest BCUT2D eigenvalue weighted by molar-refractivity contribution is 0.0700. The molecule has 0 saturated carbocycles. The molecule has 0 bridgehead atoms. The van der Waals surface area contributed by atoms with Gasteiger partial charge in [-0.25, -0.2) is 9.78 Å². The molecule has 5 nitrogen and oxygen atoms in total. The van der Waals surface area contributed by atoms with Crippen LogP contribution >= 0.6 is 11.3 Å². The van der Waals surface area contributed by atoms with Gasteiger partial charge in [0.2, 0.25) is 0 Å². The average molecular weight is 287 g/mol. The van der Waals surface area contributed by atoms with Gasteiger partial charge < -0.3 is 14.6 Å². The molecule has 0 aliphatic rings. The highest BCUT2D eigenvalue weighted by atomic mass is 32.1. The summed E-state index contributed by atoms with van der Waals surface area (Å²) in [5.41, 5.74) is 0.694. The Morgan fingerprint density at radius 3 is 2.68 bits per heavy atom. The molecule has 0 fully saturated rings. The van der Waals surface area contributed by atoms with Gasteiger partial charge >= 0.3 is 5.97 Å². The van der Waals surface area contributed by atoms with Crippen molar-refractivity contribution in [2.75, 3.05) is 26.9 Å². The number of aromatic carboxylic acids is 1. The van der Waals surface area contributed by atoms with Crippen LogP contribution in [0.4, 0.5) is 0 Å². The maximum Gasteiger partial charge on any atom is 0.347 e. The third kappa shape index (κ3) is 5.67. The number of methoxy groups -OCH3 is 1. The molecular formula is C13H21NO4S. The van der Waals surface area contributed by atoms with Gasteiger partial charge in [0.15, 0.2) is 0 Å². The third-order valence-electron chi connectivity index (χ3n) is 2.43. The van der Waals surface area contributed by atoms with Gasteiger partial charge in [-0.3, -0.25) is 0 Å². The zero-order valence-electron chi connectivity index (χ0n) is 11.6. The SMILES string of the molecule is COCCOCCc1nc(CC(C)C)c(C(=O)O)s1. The minimum Gasteiger partial charge on any atom is -0.477 e. The second-order valence-electron chi connectivity index (χ2n) is 4.64. The van der Waals surface area contributed by atoms with E-state index in [0.29, 0.717) is 49.2 Å². The average Bonchev–Trinajstić information content (AvgIpc) is 2.71. The van der Waals surface area contributed by atoms with Crippen LogP contribution < -0.4 is 0 Å². The first kappa shape index (κ1) is 16.1. The number of carboxylic acids is 1. The van der Waals surface area contributed by atoms with Gasteiger partial charge in [-0.15, -0.1) is 11.3 Å². The summed E-state index contributed by atoms with van der Waals surface area (Å²) in [6, 6.07) is 0. The summed E-state index contributed by atoms with van der Waals surface area (Å²) in [6.07, 6.45) is 1.34. The summed E-state index contributed by atoms with van der Waals surface area (Å²) in [7, 11) is 1.63. The topological polar surface area (TPSA) is 68.7 Å². The number of nitrogens with zero attached hydrogens (tertiary/aromatic N) is 1. The molecule has 0 aliphatic heterocycles.